The molecule has 18 unspecified atom stereocenters. The minimum atomic E-state index is -5.69. The van der Waals surface area contributed by atoms with E-state index < -0.39 is 156 Å². The van der Waals surface area contributed by atoms with Crippen LogP contribution in [0.5, 0.6) is 0 Å². The maximum atomic E-state index is 14.4. The molecule has 3 aliphatic rings. The van der Waals surface area contributed by atoms with E-state index in [1.54, 1.807) is 0 Å². The van der Waals surface area contributed by atoms with E-state index in [9.17, 15) is 74.9 Å². The van der Waals surface area contributed by atoms with Gasteiger partial charge in [-0.25, -0.2) is 4.57 Å². The maximum Gasteiger partial charge on any atom is 0.472 e. The van der Waals surface area contributed by atoms with Crippen molar-refractivity contribution in [3.8, 4) is 0 Å². The molecule has 0 aromatic carbocycles. The van der Waals surface area contributed by atoms with E-state index in [0.29, 0.717) is 19.3 Å². The van der Waals surface area contributed by atoms with E-state index in [2.05, 4.69) is 20.8 Å². The number of unbranched alkanes of at least 4 members (excludes halogenated alkanes) is 43. The molecule has 0 aromatic heterocycles. The third-order valence-electron chi connectivity index (χ3n) is 20.1. The van der Waals surface area contributed by atoms with Crippen LogP contribution in [0.4, 0.5) is 0 Å². The Bertz CT molecular complexity index is 2080. The number of aliphatic hydroxyl groups excluding tert-OH is 10. The van der Waals surface area contributed by atoms with Crippen LogP contribution < -0.4 is 0 Å². The number of phosphoric ester groups is 1. The molecule has 0 aromatic rings. The zero-order valence-electron chi connectivity index (χ0n) is 62.5. The van der Waals surface area contributed by atoms with E-state index in [4.69, 9.17) is 42.2 Å². The van der Waals surface area contributed by atoms with E-state index in [0.717, 1.165) is 96.3 Å². The fraction of sp³-hybridized carbons (Fsp3) is 0.961. The van der Waals surface area contributed by atoms with Crippen molar-refractivity contribution >= 4 is 25.7 Å². The average molecular weight is 1470 g/mol. The third-order valence-corrected chi connectivity index (χ3v) is 21.1. The van der Waals surface area contributed by atoms with Crippen molar-refractivity contribution in [2.75, 3.05) is 26.4 Å². The number of esters is 3. The van der Waals surface area contributed by atoms with Gasteiger partial charge < -0.3 is 89.1 Å². The monoisotopic (exact) mass is 1470 g/mol. The van der Waals surface area contributed by atoms with E-state index in [1.165, 1.54) is 180 Å². The van der Waals surface area contributed by atoms with Gasteiger partial charge in [-0.2, -0.15) is 0 Å². The number of hydrogen-bond acceptors (Lipinski definition) is 23. The Hall–Kier alpha value is -2.04. The standard InChI is InChI=1S/C76H143O24P/c1-4-7-10-13-16-19-22-25-27-29-31-33-36-39-42-45-48-51-61(79)93-56-59-64(82)66(84)71(89)76(97-59)99-73-69(87)67(85)68(86)72(98-75-70(88)65(83)63(81)58(53-77)96-75)74(73)100-101(90,91)94-55-57(54-92-60(78)50-47-44-41-38-35-24-21-18-15-12-9-6-3)95-62(80)52-49-46-43-40-37-34-32-30-28-26-23-20-17-14-11-8-5-2/h57-59,63-77,81-89H,4-56H2,1-3H3,(H,90,91). The molecule has 2 aliphatic heterocycles. The summed E-state index contributed by atoms with van der Waals surface area (Å²) in [5, 5.41) is 110. The van der Waals surface area contributed by atoms with Crippen molar-refractivity contribution in [3.05, 3.63) is 0 Å². The lowest BCUT2D eigenvalue weighted by Crippen LogP contribution is -2.69. The summed E-state index contributed by atoms with van der Waals surface area (Å²) in [6.45, 7) is 3.50. The SMILES string of the molecule is CCCCCCCCCCCCCCCCCCCC(=O)OCC1OC(OC2C(O)C(O)C(O)C(OC3OC(CO)C(O)C(O)C3O)C2OP(=O)(O)OCC(COC(=O)CCCCCCCCCCCCCC)OC(=O)CCCCCCCCCCCCCCCCCCC)C(O)C(O)C1O. The number of carbonyl (C=O) groups is 3. The Morgan fingerprint density at radius 2 is 0.634 bits per heavy atom. The van der Waals surface area contributed by atoms with Crippen LogP contribution in [0.25, 0.3) is 0 Å². The summed E-state index contributed by atoms with van der Waals surface area (Å²) in [4.78, 5) is 51.1. The molecular formula is C76H143O24P. The molecule has 24 nitrogen and oxygen atoms in total. The Balaban J connectivity index is 1.69. The van der Waals surface area contributed by atoms with Crippen LogP contribution >= 0.6 is 7.82 Å². The second-order valence-electron chi connectivity index (χ2n) is 29.2. The molecule has 101 heavy (non-hydrogen) atoms. The third kappa shape index (κ3) is 40.7. The number of aliphatic hydroxyl groups is 10. The van der Waals surface area contributed by atoms with Crippen molar-refractivity contribution in [2.24, 2.45) is 0 Å². The predicted molar refractivity (Wildman–Crippen MR) is 384 cm³/mol. The molecule has 2 heterocycles. The number of rotatable bonds is 64. The van der Waals surface area contributed by atoms with Crippen molar-refractivity contribution in [1.29, 1.82) is 0 Å². The average Bonchev–Trinajstić information content (AvgIpc) is 0.762. The van der Waals surface area contributed by atoms with Gasteiger partial charge >= 0.3 is 25.7 Å². The fourth-order valence-corrected chi connectivity index (χ4v) is 14.5. The van der Waals surface area contributed by atoms with Crippen LogP contribution in [-0.2, 0) is 61.2 Å². The smallest absolute Gasteiger partial charge is 0.463 e. The topological polar surface area (TPSA) is 374 Å². The van der Waals surface area contributed by atoms with Crippen LogP contribution in [-0.4, -0.2) is 204 Å². The summed E-state index contributed by atoms with van der Waals surface area (Å²) < 4.78 is 65.2. The molecule has 3 rings (SSSR count). The molecule has 0 radical (unpaired) electrons. The summed E-state index contributed by atoms with van der Waals surface area (Å²) in [7, 11) is -5.69. The summed E-state index contributed by atoms with van der Waals surface area (Å²) >= 11 is 0. The molecule has 3 fully saturated rings. The molecular weight excluding hydrogens is 1330 g/mol. The lowest BCUT2D eigenvalue weighted by molar-refractivity contribution is -0.360. The first-order valence-corrected chi connectivity index (χ1v) is 41.8. The molecule has 0 spiro atoms. The molecule has 25 heteroatoms. The number of carbonyl (C=O) groups excluding carboxylic acids is 3. The minimum absolute atomic E-state index is 0.0327. The van der Waals surface area contributed by atoms with Gasteiger partial charge in [-0.3, -0.25) is 23.4 Å². The molecule has 0 amide bonds. The molecule has 596 valence electrons. The van der Waals surface area contributed by atoms with Crippen LogP contribution in [0.2, 0.25) is 0 Å². The Labute approximate surface area is 606 Å². The zero-order chi connectivity index (χ0) is 73.9. The molecule has 11 N–H and O–H groups in total. The molecule has 1 aliphatic carbocycles. The molecule has 18 atom stereocenters. The first-order valence-electron chi connectivity index (χ1n) is 40.3. The minimum Gasteiger partial charge on any atom is -0.463 e. The Kier molecular flexibility index (Phi) is 53.5. The van der Waals surface area contributed by atoms with Gasteiger partial charge in [-0.05, 0) is 19.3 Å². The van der Waals surface area contributed by atoms with Gasteiger partial charge in [0.25, 0.3) is 0 Å². The fourth-order valence-electron chi connectivity index (χ4n) is 13.6. The summed E-state index contributed by atoms with van der Waals surface area (Å²) in [6, 6.07) is 0. The Morgan fingerprint density at radius 3 is 0.970 bits per heavy atom. The van der Waals surface area contributed by atoms with Gasteiger partial charge in [-0.1, -0.05) is 297 Å². The van der Waals surface area contributed by atoms with Crippen molar-refractivity contribution < 1.29 is 117 Å². The van der Waals surface area contributed by atoms with Crippen LogP contribution in [0.15, 0.2) is 0 Å². The van der Waals surface area contributed by atoms with Gasteiger partial charge in [0.2, 0.25) is 0 Å². The highest BCUT2D eigenvalue weighted by Crippen LogP contribution is 2.49. The number of hydrogen-bond donors (Lipinski definition) is 11. The summed E-state index contributed by atoms with van der Waals surface area (Å²) in [6.07, 6.45) is 17.2. The summed E-state index contributed by atoms with van der Waals surface area (Å²) in [5.74, 6) is -1.97. The van der Waals surface area contributed by atoms with E-state index in [-0.39, 0.29) is 19.3 Å². The highest BCUT2D eigenvalue weighted by Gasteiger charge is 2.58. The van der Waals surface area contributed by atoms with Crippen molar-refractivity contribution in [1.82, 2.24) is 0 Å². The van der Waals surface area contributed by atoms with Crippen LogP contribution in [0, 0.1) is 0 Å². The van der Waals surface area contributed by atoms with Crippen LogP contribution in [0.1, 0.15) is 335 Å². The number of phosphoric acid groups is 1. The highest BCUT2D eigenvalue weighted by molar-refractivity contribution is 7.47. The second-order valence-corrected chi connectivity index (χ2v) is 30.6. The van der Waals surface area contributed by atoms with E-state index in [1.807, 2.05) is 0 Å². The quantitative estimate of drug-likeness (QED) is 0.0117. The van der Waals surface area contributed by atoms with Crippen molar-refractivity contribution in [3.63, 3.8) is 0 Å². The predicted octanol–water partition coefficient (Wildman–Crippen LogP) is 12.1. The maximum absolute atomic E-state index is 14.4. The number of ether oxygens (including phenoxy) is 7. The van der Waals surface area contributed by atoms with Gasteiger partial charge in [-0.15, -0.1) is 0 Å². The normalized spacial score (nSPS) is 27.1. The molecule has 0 bridgehead atoms. The Morgan fingerprint density at radius 1 is 0.347 bits per heavy atom. The lowest BCUT2D eigenvalue weighted by Gasteiger charge is -2.49. The van der Waals surface area contributed by atoms with Crippen molar-refractivity contribution in [2.45, 2.75) is 440 Å². The largest absolute Gasteiger partial charge is 0.472 e. The first-order chi connectivity index (χ1) is 48.8. The zero-order valence-corrected chi connectivity index (χ0v) is 63.4. The molecule has 2 saturated heterocycles. The van der Waals surface area contributed by atoms with Gasteiger partial charge in [0.15, 0.2) is 18.7 Å². The highest BCUT2D eigenvalue weighted by atomic mass is 31.2. The first kappa shape index (κ1) is 93.2. The summed E-state index contributed by atoms with van der Waals surface area (Å²) in [5.41, 5.74) is 0. The molecule has 1 saturated carbocycles. The second kappa shape index (κ2) is 58.0. The van der Waals surface area contributed by atoms with Gasteiger partial charge in [0, 0.05) is 19.3 Å². The van der Waals surface area contributed by atoms with Gasteiger partial charge in [0.1, 0.15) is 98.7 Å². The van der Waals surface area contributed by atoms with Crippen LogP contribution in [0.3, 0.4) is 0 Å². The van der Waals surface area contributed by atoms with Gasteiger partial charge in [0.05, 0.1) is 13.2 Å². The lowest BCUT2D eigenvalue weighted by atomic mass is 9.84. The van der Waals surface area contributed by atoms with E-state index >= 15 is 0 Å².